The third kappa shape index (κ3) is 6.22. The molecule has 3 nitrogen and oxygen atoms in total. The molecule has 1 heterocycles. The quantitative estimate of drug-likeness (QED) is 0.560. The molecule has 1 fully saturated rings. The van der Waals surface area contributed by atoms with Crippen LogP contribution in [0.3, 0.4) is 0 Å². The van der Waals surface area contributed by atoms with Crippen molar-refractivity contribution in [3.05, 3.63) is 29.8 Å². The van der Waals surface area contributed by atoms with E-state index in [2.05, 4.69) is 30.4 Å². The molecule has 0 bridgehead atoms. The molecule has 0 N–H and O–H groups in total. The van der Waals surface area contributed by atoms with Crippen molar-refractivity contribution in [2.24, 2.45) is 11.3 Å². The molecule has 1 saturated heterocycles. The third-order valence-corrected chi connectivity index (χ3v) is 8.10. The Morgan fingerprint density at radius 2 is 1.88 bits per heavy atom. The summed E-state index contributed by atoms with van der Waals surface area (Å²) in [5.74, 6) is 3.86. The Morgan fingerprint density at radius 1 is 1.24 bits per heavy atom. The minimum Gasteiger partial charge on any atom is -0.497 e. The first-order chi connectivity index (χ1) is 12.0. The summed E-state index contributed by atoms with van der Waals surface area (Å²) in [5, 5.41) is 0. The Balaban J connectivity index is 1.98. The number of hydrogen-bond acceptors (Lipinski definition) is 5. The lowest BCUT2D eigenvalue weighted by Crippen LogP contribution is -2.36. The topological polar surface area (TPSA) is 35.5 Å². The van der Waals surface area contributed by atoms with Crippen molar-refractivity contribution in [2.45, 2.75) is 50.9 Å². The molecule has 5 heteroatoms. The van der Waals surface area contributed by atoms with Crippen LogP contribution in [0.15, 0.2) is 24.3 Å². The van der Waals surface area contributed by atoms with Gasteiger partial charge in [-0.05, 0) is 48.0 Å². The predicted octanol–water partition coefficient (Wildman–Crippen LogP) is 5.03. The van der Waals surface area contributed by atoms with E-state index in [4.69, 9.17) is 9.47 Å². The van der Waals surface area contributed by atoms with Gasteiger partial charge in [-0.2, -0.15) is 0 Å². The summed E-state index contributed by atoms with van der Waals surface area (Å²) in [7, 11) is 1.66. The van der Waals surface area contributed by atoms with Crippen LogP contribution in [0.4, 0.5) is 0 Å². The lowest BCUT2D eigenvalue weighted by Gasteiger charge is -2.34. The van der Waals surface area contributed by atoms with Crippen LogP contribution in [-0.2, 0) is 16.1 Å². The normalized spacial score (nSPS) is 18.6. The zero-order valence-electron chi connectivity index (χ0n) is 15.7. The Hall–Kier alpha value is -0.650. The fourth-order valence-electron chi connectivity index (χ4n) is 2.86. The van der Waals surface area contributed by atoms with Crippen LogP contribution in [0.2, 0.25) is 0 Å². The van der Waals surface area contributed by atoms with Crippen molar-refractivity contribution in [3.8, 4) is 5.75 Å². The van der Waals surface area contributed by atoms with E-state index in [1.54, 1.807) is 7.11 Å². The van der Waals surface area contributed by atoms with Crippen LogP contribution < -0.4 is 4.74 Å². The molecule has 2 atom stereocenters. The summed E-state index contributed by atoms with van der Waals surface area (Å²) in [6.07, 6.45) is 3.17. The molecular formula is C20H30O3S2. The fraction of sp³-hybridized carbons (Fsp3) is 0.650. The molecule has 1 aromatic rings. The average molecular weight is 383 g/mol. The zero-order valence-corrected chi connectivity index (χ0v) is 17.3. The van der Waals surface area contributed by atoms with E-state index in [1.165, 1.54) is 17.9 Å². The van der Waals surface area contributed by atoms with Crippen LogP contribution in [0.25, 0.3) is 0 Å². The van der Waals surface area contributed by atoms with E-state index >= 15 is 0 Å². The highest BCUT2D eigenvalue weighted by molar-refractivity contribution is 8.17. The van der Waals surface area contributed by atoms with E-state index in [0.29, 0.717) is 17.1 Å². The molecule has 140 valence electrons. The fourth-order valence-corrected chi connectivity index (χ4v) is 5.98. The standard InChI is InChI=1S/C20H30O3S2/c1-15(19-24-10-5-11-25-19)12-18(20(2,3)14-21)23-13-16-6-8-17(22-4)9-7-16/h6-9,14-15,18-19H,5,10-13H2,1-4H3/t15-,18-/m1/s1. The minimum absolute atomic E-state index is 0.0785. The van der Waals surface area contributed by atoms with Gasteiger partial charge in [0, 0.05) is 5.41 Å². The second kappa shape index (κ2) is 9.89. The maximum absolute atomic E-state index is 11.6. The second-order valence-corrected chi connectivity index (χ2v) is 10.1. The molecule has 0 spiro atoms. The Kier molecular flexibility index (Phi) is 8.17. The van der Waals surface area contributed by atoms with Gasteiger partial charge in [0.1, 0.15) is 12.0 Å². The highest BCUT2D eigenvalue weighted by atomic mass is 32.2. The largest absolute Gasteiger partial charge is 0.497 e. The molecule has 0 saturated carbocycles. The van der Waals surface area contributed by atoms with Crippen molar-refractivity contribution in [1.82, 2.24) is 0 Å². The number of carbonyl (C=O) groups excluding carboxylic acids is 1. The van der Waals surface area contributed by atoms with E-state index in [0.717, 1.165) is 24.0 Å². The molecule has 0 radical (unpaired) electrons. The van der Waals surface area contributed by atoms with E-state index in [-0.39, 0.29) is 6.10 Å². The first-order valence-electron chi connectivity index (χ1n) is 8.90. The van der Waals surface area contributed by atoms with Crippen LogP contribution in [0.1, 0.15) is 39.2 Å². The Labute approximate surface area is 160 Å². The summed E-state index contributed by atoms with van der Waals surface area (Å²) in [6.45, 7) is 6.77. The summed E-state index contributed by atoms with van der Waals surface area (Å²) in [6, 6.07) is 7.91. The van der Waals surface area contributed by atoms with Gasteiger partial charge in [-0.1, -0.05) is 32.9 Å². The van der Waals surface area contributed by atoms with Crippen LogP contribution in [0, 0.1) is 11.3 Å². The first kappa shape index (κ1) is 20.7. The lowest BCUT2D eigenvalue weighted by atomic mass is 9.83. The molecule has 0 amide bonds. The maximum Gasteiger partial charge on any atom is 0.128 e. The molecule has 1 aliphatic rings. The van der Waals surface area contributed by atoms with Gasteiger partial charge in [0.15, 0.2) is 0 Å². The minimum atomic E-state index is -0.481. The van der Waals surface area contributed by atoms with Gasteiger partial charge in [0.2, 0.25) is 0 Å². The van der Waals surface area contributed by atoms with Crippen molar-refractivity contribution in [3.63, 3.8) is 0 Å². The van der Waals surface area contributed by atoms with E-state index < -0.39 is 5.41 Å². The second-order valence-electron chi connectivity index (χ2n) is 7.26. The number of aldehydes is 1. The van der Waals surface area contributed by atoms with Gasteiger partial charge in [0.25, 0.3) is 0 Å². The van der Waals surface area contributed by atoms with Gasteiger partial charge in [-0.15, -0.1) is 23.5 Å². The Bertz CT molecular complexity index is 524. The number of rotatable bonds is 9. The van der Waals surface area contributed by atoms with Gasteiger partial charge in [0.05, 0.1) is 24.4 Å². The number of methoxy groups -OCH3 is 1. The molecule has 0 aromatic heterocycles. The molecule has 1 aliphatic heterocycles. The number of carbonyl (C=O) groups is 1. The highest BCUT2D eigenvalue weighted by Crippen LogP contribution is 2.39. The van der Waals surface area contributed by atoms with Crippen molar-refractivity contribution in [2.75, 3.05) is 18.6 Å². The van der Waals surface area contributed by atoms with Crippen molar-refractivity contribution >= 4 is 29.8 Å². The first-order valence-corrected chi connectivity index (χ1v) is 11.0. The summed E-state index contributed by atoms with van der Waals surface area (Å²) >= 11 is 4.11. The van der Waals surface area contributed by atoms with E-state index in [9.17, 15) is 4.79 Å². The van der Waals surface area contributed by atoms with Crippen molar-refractivity contribution in [1.29, 1.82) is 0 Å². The van der Waals surface area contributed by atoms with Gasteiger partial charge >= 0.3 is 0 Å². The SMILES string of the molecule is COc1ccc(CO[C@H](C[C@@H](C)C2SCCCS2)C(C)(C)C=O)cc1. The van der Waals surface area contributed by atoms with Gasteiger partial charge in [-0.25, -0.2) is 0 Å². The van der Waals surface area contributed by atoms with Gasteiger partial charge < -0.3 is 14.3 Å². The van der Waals surface area contributed by atoms with E-state index in [1.807, 2.05) is 38.1 Å². The van der Waals surface area contributed by atoms with Gasteiger partial charge in [-0.3, -0.25) is 0 Å². The van der Waals surface area contributed by atoms with Crippen LogP contribution >= 0.6 is 23.5 Å². The smallest absolute Gasteiger partial charge is 0.128 e. The number of benzene rings is 1. The number of thioether (sulfide) groups is 2. The highest BCUT2D eigenvalue weighted by Gasteiger charge is 2.34. The van der Waals surface area contributed by atoms with Crippen LogP contribution in [0.5, 0.6) is 5.75 Å². The molecule has 0 aliphatic carbocycles. The predicted molar refractivity (Wildman–Crippen MR) is 109 cm³/mol. The van der Waals surface area contributed by atoms with Crippen molar-refractivity contribution < 1.29 is 14.3 Å². The Morgan fingerprint density at radius 3 is 2.44 bits per heavy atom. The molecule has 0 unspecified atom stereocenters. The lowest BCUT2D eigenvalue weighted by molar-refractivity contribution is -0.125. The summed E-state index contributed by atoms with van der Waals surface area (Å²) in [5.41, 5.74) is 0.617. The molecule has 1 aromatic carbocycles. The zero-order chi connectivity index (χ0) is 18.3. The monoisotopic (exact) mass is 382 g/mol. The number of ether oxygens (including phenoxy) is 2. The summed E-state index contributed by atoms with van der Waals surface area (Å²) < 4.78 is 12.0. The molecule has 2 rings (SSSR count). The van der Waals surface area contributed by atoms with Crippen LogP contribution in [-0.4, -0.2) is 35.6 Å². The molecular weight excluding hydrogens is 352 g/mol. The third-order valence-electron chi connectivity index (χ3n) is 4.65. The molecule has 25 heavy (non-hydrogen) atoms. The maximum atomic E-state index is 11.6. The average Bonchev–Trinajstić information content (AvgIpc) is 2.65. The summed E-state index contributed by atoms with van der Waals surface area (Å²) in [4.78, 5) is 11.6. The number of hydrogen-bond donors (Lipinski definition) is 0.